The van der Waals surface area contributed by atoms with Crippen LogP contribution in [0.2, 0.25) is 0 Å². The van der Waals surface area contributed by atoms with E-state index < -0.39 is 5.56 Å². The summed E-state index contributed by atoms with van der Waals surface area (Å²) >= 11 is 5.17. The van der Waals surface area contributed by atoms with Crippen LogP contribution in [0.5, 0.6) is 5.88 Å². The third-order valence-corrected chi connectivity index (χ3v) is 4.31. The van der Waals surface area contributed by atoms with Crippen molar-refractivity contribution in [3.8, 4) is 11.6 Å². The lowest BCUT2D eigenvalue weighted by molar-refractivity contribution is -0.121. The van der Waals surface area contributed by atoms with E-state index >= 15 is 0 Å². The van der Waals surface area contributed by atoms with Crippen LogP contribution in [0.1, 0.15) is 50.2 Å². The number of nitrogens with one attached hydrogen (secondary N) is 2. The van der Waals surface area contributed by atoms with Gasteiger partial charge in [0.1, 0.15) is 5.56 Å². The number of hydrazone groups is 1. The van der Waals surface area contributed by atoms with Crippen molar-refractivity contribution in [2.75, 3.05) is 0 Å². The number of H-pyrrole nitrogens is 1. The van der Waals surface area contributed by atoms with Crippen molar-refractivity contribution in [3.05, 3.63) is 50.5 Å². The van der Waals surface area contributed by atoms with Crippen LogP contribution in [0.4, 0.5) is 0 Å². The molecule has 2 aromatic rings. The van der Waals surface area contributed by atoms with Gasteiger partial charge >= 0.3 is 0 Å². The monoisotopic (exact) mass is 388 g/mol. The molecule has 0 aliphatic heterocycles. The smallest absolute Gasteiger partial charge is 0.264 e. The van der Waals surface area contributed by atoms with Gasteiger partial charge in [0.15, 0.2) is 4.77 Å². The Bertz CT molecular complexity index is 947. The largest absolute Gasteiger partial charge is 0.494 e. The van der Waals surface area contributed by atoms with Gasteiger partial charge in [-0.2, -0.15) is 5.10 Å². The van der Waals surface area contributed by atoms with E-state index in [4.69, 9.17) is 12.2 Å². The Balaban J connectivity index is 2.20. The first-order valence-corrected chi connectivity index (χ1v) is 9.32. The van der Waals surface area contributed by atoms with Gasteiger partial charge in [0.25, 0.3) is 5.56 Å². The van der Waals surface area contributed by atoms with Crippen molar-refractivity contribution in [1.29, 1.82) is 0 Å². The molecule has 1 aromatic carbocycles. The first-order chi connectivity index (χ1) is 12.9. The van der Waals surface area contributed by atoms with E-state index in [1.807, 2.05) is 25.1 Å². The summed E-state index contributed by atoms with van der Waals surface area (Å²) in [7, 11) is 0. The zero-order valence-corrected chi connectivity index (χ0v) is 16.3. The van der Waals surface area contributed by atoms with E-state index in [9.17, 15) is 14.7 Å². The van der Waals surface area contributed by atoms with Crippen LogP contribution in [-0.2, 0) is 4.79 Å². The van der Waals surface area contributed by atoms with Crippen LogP contribution in [0.25, 0.3) is 5.69 Å². The first kappa shape index (κ1) is 20.6. The molecule has 7 nitrogen and oxygen atoms in total. The van der Waals surface area contributed by atoms with Crippen molar-refractivity contribution >= 4 is 24.3 Å². The van der Waals surface area contributed by atoms with Gasteiger partial charge in [0.05, 0.1) is 11.9 Å². The average molecular weight is 388 g/mol. The fourth-order valence-electron chi connectivity index (χ4n) is 2.60. The standard InChI is InChI=1S/C19H24N4O3S/c1-3-4-5-6-10-16(24)22-20-12-15-17(25)21-19(27)23(18(15)26)14-9-7-8-13(2)11-14/h7-9,11-12,26H,3-6,10H2,1-2H3,(H,22,24)(H,21,25,27)/b20-12+. The minimum atomic E-state index is -0.581. The van der Waals surface area contributed by atoms with Gasteiger partial charge in [-0.1, -0.05) is 38.3 Å². The van der Waals surface area contributed by atoms with Crippen molar-refractivity contribution in [1.82, 2.24) is 15.0 Å². The zero-order chi connectivity index (χ0) is 19.8. The molecule has 0 spiro atoms. The molecule has 0 unspecified atom stereocenters. The average Bonchev–Trinajstić information content (AvgIpc) is 2.61. The number of aromatic nitrogens is 2. The second-order valence-electron chi connectivity index (χ2n) is 6.27. The maximum absolute atomic E-state index is 12.1. The minimum absolute atomic E-state index is 0.0696. The third-order valence-electron chi connectivity index (χ3n) is 4.02. The number of aromatic hydroxyl groups is 1. The SMILES string of the molecule is CCCCCCC(=O)N/N=C/c1c(O)n(-c2cccc(C)c2)c(=S)[nH]c1=O. The number of benzene rings is 1. The summed E-state index contributed by atoms with van der Waals surface area (Å²) in [6.07, 6.45) is 5.46. The maximum Gasteiger partial charge on any atom is 0.264 e. The minimum Gasteiger partial charge on any atom is -0.494 e. The van der Waals surface area contributed by atoms with Gasteiger partial charge in [0.2, 0.25) is 11.8 Å². The second kappa shape index (κ2) is 9.82. The lowest BCUT2D eigenvalue weighted by Gasteiger charge is -2.11. The molecule has 0 aliphatic rings. The van der Waals surface area contributed by atoms with Gasteiger partial charge in [0, 0.05) is 6.42 Å². The number of amides is 1. The maximum atomic E-state index is 12.1. The lowest BCUT2D eigenvalue weighted by atomic mass is 10.1. The molecular formula is C19H24N4O3S. The number of hydrogen-bond donors (Lipinski definition) is 3. The Morgan fingerprint density at radius 1 is 1.37 bits per heavy atom. The van der Waals surface area contributed by atoms with E-state index in [0.717, 1.165) is 37.5 Å². The molecule has 3 N–H and O–H groups in total. The number of carbonyl (C=O) groups is 1. The molecule has 1 amide bonds. The number of aromatic amines is 1. The zero-order valence-electron chi connectivity index (χ0n) is 15.5. The van der Waals surface area contributed by atoms with Crippen LogP contribution >= 0.6 is 12.2 Å². The molecule has 0 radical (unpaired) electrons. The van der Waals surface area contributed by atoms with Crippen molar-refractivity contribution in [2.45, 2.75) is 46.0 Å². The van der Waals surface area contributed by atoms with E-state index in [2.05, 4.69) is 22.4 Å². The number of unbranched alkanes of at least 4 members (excludes halogenated alkanes) is 3. The molecular weight excluding hydrogens is 364 g/mol. The molecule has 8 heteroatoms. The van der Waals surface area contributed by atoms with Crippen molar-refractivity contribution < 1.29 is 9.90 Å². The third kappa shape index (κ3) is 5.62. The molecule has 0 fully saturated rings. The summed E-state index contributed by atoms with van der Waals surface area (Å²) < 4.78 is 1.41. The molecule has 1 heterocycles. The molecule has 0 aliphatic carbocycles. The normalized spacial score (nSPS) is 11.0. The Hall–Kier alpha value is -2.74. The predicted molar refractivity (Wildman–Crippen MR) is 108 cm³/mol. The summed E-state index contributed by atoms with van der Waals surface area (Å²) in [5.74, 6) is -0.569. The Kier molecular flexibility index (Phi) is 7.48. The molecule has 0 atom stereocenters. The molecule has 27 heavy (non-hydrogen) atoms. The number of rotatable bonds is 8. The van der Waals surface area contributed by atoms with E-state index in [1.54, 1.807) is 6.07 Å². The van der Waals surface area contributed by atoms with Gasteiger partial charge in [-0.15, -0.1) is 0 Å². The number of hydrogen-bond acceptors (Lipinski definition) is 5. The molecule has 0 bridgehead atoms. The fraction of sp³-hybridized carbons (Fsp3) is 0.368. The molecule has 144 valence electrons. The van der Waals surface area contributed by atoms with E-state index in [1.165, 1.54) is 4.57 Å². The van der Waals surface area contributed by atoms with Gasteiger partial charge < -0.3 is 5.11 Å². The number of carbonyl (C=O) groups excluding carboxylic acids is 1. The highest BCUT2D eigenvalue weighted by molar-refractivity contribution is 7.71. The predicted octanol–water partition coefficient (Wildman–Crippen LogP) is 3.33. The Labute approximate surface area is 162 Å². The molecule has 0 saturated carbocycles. The highest BCUT2D eigenvalue weighted by Crippen LogP contribution is 2.19. The van der Waals surface area contributed by atoms with Crippen LogP contribution in [0.3, 0.4) is 0 Å². The van der Waals surface area contributed by atoms with Crippen molar-refractivity contribution in [3.63, 3.8) is 0 Å². The van der Waals surface area contributed by atoms with Crippen LogP contribution in [-0.4, -0.2) is 26.8 Å². The summed E-state index contributed by atoms with van der Waals surface area (Å²) in [5.41, 5.74) is 3.30. The second-order valence-corrected chi connectivity index (χ2v) is 6.66. The van der Waals surface area contributed by atoms with Gasteiger partial charge in [-0.05, 0) is 43.3 Å². The first-order valence-electron chi connectivity index (χ1n) is 8.91. The highest BCUT2D eigenvalue weighted by atomic mass is 32.1. The van der Waals surface area contributed by atoms with Gasteiger partial charge in [-0.25, -0.2) is 5.43 Å². The Morgan fingerprint density at radius 2 is 2.15 bits per heavy atom. The van der Waals surface area contributed by atoms with Gasteiger partial charge in [-0.3, -0.25) is 19.1 Å². The quantitative estimate of drug-likeness (QED) is 0.279. The Morgan fingerprint density at radius 3 is 2.85 bits per heavy atom. The van der Waals surface area contributed by atoms with Crippen molar-refractivity contribution in [2.24, 2.45) is 5.10 Å². The fourth-order valence-corrected chi connectivity index (χ4v) is 2.88. The summed E-state index contributed by atoms with van der Waals surface area (Å²) in [5, 5.41) is 14.3. The topological polar surface area (TPSA) is 99.5 Å². The summed E-state index contributed by atoms with van der Waals surface area (Å²) in [4.78, 5) is 26.4. The van der Waals surface area contributed by atoms with E-state index in [-0.39, 0.29) is 22.1 Å². The molecule has 1 aromatic heterocycles. The van der Waals surface area contributed by atoms with Crippen LogP contribution in [0, 0.1) is 11.7 Å². The highest BCUT2D eigenvalue weighted by Gasteiger charge is 2.12. The lowest BCUT2D eigenvalue weighted by Crippen LogP contribution is -2.21. The van der Waals surface area contributed by atoms with E-state index in [0.29, 0.717) is 12.1 Å². The van der Waals surface area contributed by atoms with Crippen LogP contribution < -0.4 is 11.0 Å². The summed E-state index contributed by atoms with van der Waals surface area (Å²) in [6, 6.07) is 7.32. The molecule has 2 rings (SSSR count). The van der Waals surface area contributed by atoms with Crippen LogP contribution in [0.15, 0.2) is 34.2 Å². The summed E-state index contributed by atoms with van der Waals surface area (Å²) in [6.45, 7) is 4.01. The number of nitrogens with zero attached hydrogens (tertiary/aromatic N) is 2. The molecule has 0 saturated heterocycles. The number of aryl methyl sites for hydroxylation is 1.